The molecule has 8 heteroatoms. The van der Waals surface area contributed by atoms with Gasteiger partial charge >= 0.3 is 6.03 Å². The highest BCUT2D eigenvalue weighted by Crippen LogP contribution is 2.49. The molecule has 2 aromatic carbocycles. The summed E-state index contributed by atoms with van der Waals surface area (Å²) < 4.78 is 0. The third-order valence-electron chi connectivity index (χ3n) is 6.88. The van der Waals surface area contributed by atoms with Gasteiger partial charge in [-0.1, -0.05) is 29.7 Å². The number of amides is 3. The van der Waals surface area contributed by atoms with E-state index in [1.54, 1.807) is 23.1 Å². The van der Waals surface area contributed by atoms with Crippen molar-refractivity contribution in [3.05, 3.63) is 64.3 Å². The number of benzene rings is 2. The summed E-state index contributed by atoms with van der Waals surface area (Å²) in [5.41, 5.74) is 2.31. The summed E-state index contributed by atoms with van der Waals surface area (Å²) in [4.78, 5) is 35.8. The van der Waals surface area contributed by atoms with Crippen molar-refractivity contribution in [2.75, 3.05) is 26.7 Å². The van der Waals surface area contributed by atoms with Crippen LogP contribution in [0.2, 0.25) is 5.02 Å². The Morgan fingerprint density at radius 3 is 2.82 bits per heavy atom. The summed E-state index contributed by atoms with van der Waals surface area (Å²) in [6.45, 7) is 2.97. The molecule has 0 spiro atoms. The number of urea groups is 1. The van der Waals surface area contributed by atoms with Crippen LogP contribution in [0.5, 0.6) is 5.75 Å². The van der Waals surface area contributed by atoms with Crippen molar-refractivity contribution in [1.82, 2.24) is 19.7 Å². The molecule has 34 heavy (non-hydrogen) atoms. The molecular formula is C26H25ClN4O3. The van der Waals surface area contributed by atoms with Crippen LogP contribution in [0.25, 0.3) is 10.9 Å². The molecule has 0 saturated carbocycles. The maximum absolute atomic E-state index is 13.7. The van der Waals surface area contributed by atoms with E-state index in [1.807, 2.05) is 43.1 Å². The maximum atomic E-state index is 13.7. The summed E-state index contributed by atoms with van der Waals surface area (Å²) in [5.74, 6) is 2.43. The van der Waals surface area contributed by atoms with Gasteiger partial charge in [0.25, 0.3) is 5.91 Å². The molecule has 2 N–H and O–H groups in total. The fourth-order valence-corrected chi connectivity index (χ4v) is 5.40. The Morgan fingerprint density at radius 1 is 1.29 bits per heavy atom. The minimum atomic E-state index is -1.08. The van der Waals surface area contributed by atoms with Gasteiger partial charge in [0, 0.05) is 41.1 Å². The van der Waals surface area contributed by atoms with E-state index in [2.05, 4.69) is 10.9 Å². The third kappa shape index (κ3) is 3.33. The highest BCUT2D eigenvalue weighted by Gasteiger charge is 2.60. The zero-order valence-electron chi connectivity index (χ0n) is 19.0. The third-order valence-corrected chi connectivity index (χ3v) is 7.12. The van der Waals surface area contributed by atoms with Crippen molar-refractivity contribution in [2.24, 2.45) is 0 Å². The van der Waals surface area contributed by atoms with Crippen LogP contribution in [0.4, 0.5) is 4.79 Å². The molecule has 1 saturated heterocycles. The number of carbonyl (C=O) groups excluding carboxylic acids is 2. The highest BCUT2D eigenvalue weighted by atomic mass is 35.5. The number of hydrogen-bond acceptors (Lipinski definition) is 4. The molecule has 0 unspecified atom stereocenters. The number of aromatic nitrogens is 1. The van der Waals surface area contributed by atoms with Crippen molar-refractivity contribution in [3.63, 3.8) is 0 Å². The van der Waals surface area contributed by atoms with Gasteiger partial charge in [-0.15, -0.1) is 6.42 Å². The van der Waals surface area contributed by atoms with Gasteiger partial charge in [-0.2, -0.15) is 0 Å². The Labute approximate surface area is 202 Å². The number of hydrogen-bond donors (Lipinski definition) is 2. The largest absolute Gasteiger partial charge is 0.508 e. The fraction of sp³-hybridized carbons (Fsp3) is 0.308. The van der Waals surface area contributed by atoms with Crippen LogP contribution in [0, 0.1) is 12.3 Å². The average Bonchev–Trinajstić information content (AvgIpc) is 3.23. The number of likely N-dealkylation sites (N-methyl/N-ethyl adjacent to an activating group) is 1. The number of aromatic amines is 1. The highest BCUT2D eigenvalue weighted by molar-refractivity contribution is 6.31. The molecule has 1 fully saturated rings. The van der Waals surface area contributed by atoms with E-state index in [9.17, 15) is 14.7 Å². The summed E-state index contributed by atoms with van der Waals surface area (Å²) >= 11 is 6.30. The van der Waals surface area contributed by atoms with Gasteiger partial charge in [-0.05, 0) is 55.4 Å². The first kappa shape index (κ1) is 22.3. The van der Waals surface area contributed by atoms with Gasteiger partial charge in [0.15, 0.2) is 0 Å². The SMILES string of the molecule is C#CCN(C)CCN1C(=O)N2[C@H](c3cccc(O)c3)c3[nH]c4ccc(Cl)cc4c3C[C@@]2(C)C1=O. The first-order chi connectivity index (χ1) is 16.2. The number of halogens is 1. The molecule has 0 aliphatic carbocycles. The number of phenolic OH excluding ortho intramolecular Hbond substituents is 1. The van der Waals surface area contributed by atoms with E-state index in [0.29, 0.717) is 24.5 Å². The second-order valence-electron chi connectivity index (χ2n) is 9.21. The number of H-pyrrole nitrogens is 1. The number of terminal acetylenes is 1. The summed E-state index contributed by atoms with van der Waals surface area (Å²) in [7, 11) is 1.86. The predicted octanol–water partition coefficient (Wildman–Crippen LogP) is 3.76. The molecule has 2 aliphatic heterocycles. The molecule has 2 atom stereocenters. The lowest BCUT2D eigenvalue weighted by Crippen LogP contribution is -2.53. The van der Waals surface area contributed by atoms with E-state index < -0.39 is 11.6 Å². The minimum absolute atomic E-state index is 0.0937. The van der Waals surface area contributed by atoms with Crippen molar-refractivity contribution >= 4 is 34.4 Å². The van der Waals surface area contributed by atoms with Gasteiger partial charge in [0.1, 0.15) is 17.3 Å². The normalized spacial score (nSPS) is 21.8. The molecule has 0 radical (unpaired) electrons. The number of imide groups is 1. The molecule has 3 heterocycles. The number of fused-ring (bicyclic) bond motifs is 4. The molecule has 7 nitrogen and oxygen atoms in total. The Bertz CT molecular complexity index is 1360. The van der Waals surface area contributed by atoms with Crippen LogP contribution in [-0.4, -0.2) is 68.9 Å². The number of phenols is 1. The van der Waals surface area contributed by atoms with Crippen molar-refractivity contribution < 1.29 is 14.7 Å². The standard InChI is InChI=1S/C26H25ClN4O3/c1-4-10-29(3)11-12-30-24(33)26(2)15-20-19-14-17(27)8-9-21(19)28-22(20)23(31(26)25(30)34)16-6-5-7-18(32)13-16/h1,5-9,13-14,23,28,32H,10-12,15H2,2-3H3/t23-,26+/m1/s1. The lowest BCUT2D eigenvalue weighted by Gasteiger charge is -2.42. The fourth-order valence-electron chi connectivity index (χ4n) is 5.23. The quantitative estimate of drug-likeness (QED) is 0.434. The van der Waals surface area contributed by atoms with Crippen molar-refractivity contribution in [1.29, 1.82) is 0 Å². The number of carbonyl (C=O) groups is 2. The van der Waals surface area contributed by atoms with Crippen LogP contribution in [0.15, 0.2) is 42.5 Å². The van der Waals surface area contributed by atoms with Crippen molar-refractivity contribution in [2.45, 2.75) is 24.9 Å². The lowest BCUT2D eigenvalue weighted by molar-refractivity contribution is -0.133. The van der Waals surface area contributed by atoms with Gasteiger partial charge in [0.05, 0.1) is 6.54 Å². The van der Waals surface area contributed by atoms with Crippen LogP contribution < -0.4 is 0 Å². The van der Waals surface area contributed by atoms with Crippen LogP contribution in [-0.2, 0) is 11.2 Å². The molecule has 3 amide bonds. The van der Waals surface area contributed by atoms with Crippen LogP contribution >= 0.6 is 11.6 Å². The van der Waals surface area contributed by atoms with E-state index in [-0.39, 0.29) is 24.2 Å². The predicted molar refractivity (Wildman–Crippen MR) is 131 cm³/mol. The summed E-state index contributed by atoms with van der Waals surface area (Å²) in [6, 6.07) is 11.5. The first-order valence-electron chi connectivity index (χ1n) is 11.1. The molecule has 2 aliphatic rings. The number of nitrogens with one attached hydrogen (secondary N) is 1. The number of aromatic hydroxyl groups is 1. The summed E-state index contributed by atoms with van der Waals surface area (Å²) in [6.07, 6.45) is 5.75. The molecule has 5 rings (SSSR count). The Morgan fingerprint density at radius 2 is 2.09 bits per heavy atom. The van der Waals surface area contributed by atoms with Gasteiger partial charge in [0.2, 0.25) is 0 Å². The first-order valence-corrected chi connectivity index (χ1v) is 11.5. The Balaban J connectivity index is 1.65. The monoisotopic (exact) mass is 476 g/mol. The Hall–Kier alpha value is -3.47. The molecule has 1 aromatic heterocycles. The van der Waals surface area contributed by atoms with Crippen molar-refractivity contribution in [3.8, 4) is 18.1 Å². The van der Waals surface area contributed by atoms with E-state index in [4.69, 9.17) is 18.0 Å². The van der Waals surface area contributed by atoms with Gasteiger partial charge < -0.3 is 10.1 Å². The summed E-state index contributed by atoms with van der Waals surface area (Å²) in [5, 5.41) is 11.7. The van der Waals surface area contributed by atoms with Gasteiger partial charge in [-0.3, -0.25) is 19.5 Å². The average molecular weight is 477 g/mol. The van der Waals surface area contributed by atoms with E-state index in [0.717, 1.165) is 27.7 Å². The Kier molecular flexibility index (Phi) is 5.31. The van der Waals surface area contributed by atoms with E-state index >= 15 is 0 Å². The van der Waals surface area contributed by atoms with Gasteiger partial charge in [-0.25, -0.2) is 4.79 Å². The molecular weight excluding hydrogens is 452 g/mol. The zero-order valence-corrected chi connectivity index (χ0v) is 19.8. The zero-order chi connectivity index (χ0) is 24.2. The lowest BCUT2D eigenvalue weighted by atomic mass is 9.81. The second kappa shape index (κ2) is 8.08. The molecule has 0 bridgehead atoms. The van der Waals surface area contributed by atoms with Crippen LogP contribution in [0.3, 0.4) is 0 Å². The number of nitrogens with zero attached hydrogens (tertiary/aromatic N) is 3. The smallest absolute Gasteiger partial charge is 0.328 e. The van der Waals surface area contributed by atoms with Crippen LogP contribution in [0.1, 0.15) is 29.8 Å². The minimum Gasteiger partial charge on any atom is -0.508 e. The number of rotatable bonds is 5. The second-order valence-corrected chi connectivity index (χ2v) is 9.64. The molecule has 3 aromatic rings. The maximum Gasteiger partial charge on any atom is 0.328 e. The van der Waals surface area contributed by atoms with E-state index in [1.165, 1.54) is 4.90 Å². The topological polar surface area (TPSA) is 79.9 Å². The molecule has 174 valence electrons.